The fraction of sp³-hybridized carbons (Fsp3) is 0.824. The van der Waals surface area contributed by atoms with Crippen LogP contribution in [0.2, 0.25) is 0 Å². The van der Waals surface area contributed by atoms with Gasteiger partial charge in [0.05, 0.1) is 12.6 Å². The predicted octanol–water partition coefficient (Wildman–Crippen LogP) is -0.431. The molecule has 3 aliphatic rings. The third-order valence-electron chi connectivity index (χ3n) is 4.57. The van der Waals surface area contributed by atoms with E-state index in [4.69, 9.17) is 9.39 Å². The van der Waals surface area contributed by atoms with Crippen molar-refractivity contribution >= 4 is 28.7 Å². The van der Waals surface area contributed by atoms with Crippen molar-refractivity contribution in [3.63, 3.8) is 0 Å². The number of hydrogen-bond donors (Lipinski definition) is 4. The van der Waals surface area contributed by atoms with E-state index in [9.17, 15) is 22.8 Å². The standard InChI is InChI=1S/C9H17N3O3.C6H10N2O5S.C2H6/c13-7-10-5-3-9(14)12-15-6-8-2-1-4-11-8;9-6-7-3-1-2-5(4-7)8(6)13-14(10,11)12;1-2/h7-8,11H,1-6H2,(H,10,13)(H,12,14);5H,1-4H2,(H,10,11,12);1-2H3. The van der Waals surface area contributed by atoms with Gasteiger partial charge in [0.15, 0.2) is 0 Å². The van der Waals surface area contributed by atoms with Gasteiger partial charge in [-0.25, -0.2) is 10.3 Å². The van der Waals surface area contributed by atoms with Crippen LogP contribution in [-0.2, 0) is 29.1 Å². The van der Waals surface area contributed by atoms with Crippen LogP contribution in [0.4, 0.5) is 4.79 Å². The van der Waals surface area contributed by atoms with Crippen molar-refractivity contribution in [3.8, 4) is 0 Å². The summed E-state index contributed by atoms with van der Waals surface area (Å²) in [7, 11) is -4.60. The van der Waals surface area contributed by atoms with Gasteiger partial charge in [0.1, 0.15) is 0 Å². The van der Waals surface area contributed by atoms with Crippen molar-refractivity contribution in [2.45, 2.75) is 58.0 Å². The highest BCUT2D eigenvalue weighted by atomic mass is 32.3. The molecule has 3 rings (SSSR count). The number of hydroxylamine groups is 3. The second-order valence-electron chi connectivity index (χ2n) is 6.80. The van der Waals surface area contributed by atoms with E-state index in [0.29, 0.717) is 45.1 Å². The molecule has 0 radical (unpaired) electrons. The number of fused-ring (bicyclic) bond motifs is 2. The molecular weight excluding hydrogens is 434 g/mol. The maximum Gasteiger partial charge on any atom is 0.418 e. The monoisotopic (exact) mass is 467 g/mol. The average molecular weight is 468 g/mol. The first-order chi connectivity index (χ1) is 14.8. The van der Waals surface area contributed by atoms with E-state index in [1.54, 1.807) is 0 Å². The van der Waals surface area contributed by atoms with Gasteiger partial charge in [0.2, 0.25) is 12.3 Å². The van der Waals surface area contributed by atoms with E-state index in [0.717, 1.165) is 30.9 Å². The first-order valence-electron chi connectivity index (χ1n) is 10.4. The van der Waals surface area contributed by atoms with Crippen molar-refractivity contribution < 1.29 is 36.5 Å². The highest BCUT2D eigenvalue weighted by Gasteiger charge is 2.42. The molecule has 14 heteroatoms. The molecule has 3 heterocycles. The molecule has 4 amide bonds. The Kier molecular flexibility index (Phi) is 12.3. The molecule has 0 aromatic carbocycles. The summed E-state index contributed by atoms with van der Waals surface area (Å²) in [6.07, 6.45) is 4.56. The third kappa shape index (κ3) is 10.2. The number of piperidine rings is 1. The van der Waals surface area contributed by atoms with Crippen LogP contribution in [0.1, 0.15) is 46.0 Å². The van der Waals surface area contributed by atoms with E-state index in [1.807, 2.05) is 13.8 Å². The molecule has 31 heavy (non-hydrogen) atoms. The summed E-state index contributed by atoms with van der Waals surface area (Å²) in [5, 5.41) is 6.39. The molecule has 2 atom stereocenters. The number of amides is 4. The summed E-state index contributed by atoms with van der Waals surface area (Å²) < 4.78 is 33.5. The maximum atomic E-state index is 11.4. The SMILES string of the molecule is CC.O=C1N2CCCC(C2)N1OS(=O)(=O)O.O=CNCCC(=O)NOCC1CCCN1. The molecule has 3 fully saturated rings. The quantitative estimate of drug-likeness (QED) is 0.152. The average Bonchev–Trinajstić information content (AvgIpc) is 3.32. The van der Waals surface area contributed by atoms with Gasteiger partial charge in [-0.1, -0.05) is 13.8 Å². The van der Waals surface area contributed by atoms with E-state index >= 15 is 0 Å². The van der Waals surface area contributed by atoms with Crippen molar-refractivity contribution in [1.29, 1.82) is 0 Å². The molecule has 13 nitrogen and oxygen atoms in total. The Morgan fingerprint density at radius 3 is 2.65 bits per heavy atom. The summed E-state index contributed by atoms with van der Waals surface area (Å²) in [6.45, 7) is 6.92. The lowest BCUT2D eigenvalue weighted by Crippen LogP contribution is -2.35. The fourth-order valence-corrected chi connectivity index (χ4v) is 3.62. The number of carbonyl (C=O) groups is 3. The molecule has 0 spiro atoms. The number of rotatable bonds is 9. The van der Waals surface area contributed by atoms with Crippen molar-refractivity contribution in [2.75, 3.05) is 32.8 Å². The molecule has 2 unspecified atom stereocenters. The molecule has 0 aliphatic carbocycles. The van der Waals surface area contributed by atoms with Gasteiger partial charge in [-0.2, -0.15) is 13.5 Å². The summed E-state index contributed by atoms with van der Waals surface area (Å²) in [4.78, 5) is 38.9. The second-order valence-corrected chi connectivity index (χ2v) is 7.81. The smallest absolute Gasteiger partial charge is 0.358 e. The number of carbonyl (C=O) groups excluding carboxylic acids is 3. The van der Waals surface area contributed by atoms with Crippen molar-refractivity contribution in [2.24, 2.45) is 0 Å². The zero-order valence-electron chi connectivity index (χ0n) is 17.9. The van der Waals surface area contributed by atoms with Crippen LogP contribution >= 0.6 is 0 Å². The second kappa shape index (κ2) is 14.1. The number of hydrogen-bond acceptors (Lipinski definition) is 8. The Balaban J connectivity index is 0.000000287. The van der Waals surface area contributed by atoms with Crippen LogP contribution in [0, 0.1) is 0 Å². The number of nitrogens with one attached hydrogen (secondary N) is 3. The topological polar surface area (TPSA) is 167 Å². The molecule has 0 saturated carbocycles. The summed E-state index contributed by atoms with van der Waals surface area (Å²) in [5.41, 5.74) is 2.33. The van der Waals surface area contributed by atoms with Gasteiger partial charge < -0.3 is 15.5 Å². The minimum atomic E-state index is -4.60. The van der Waals surface area contributed by atoms with Crippen LogP contribution in [-0.4, -0.2) is 86.2 Å². The highest BCUT2D eigenvalue weighted by molar-refractivity contribution is 7.80. The Labute approximate surface area is 182 Å². The zero-order valence-corrected chi connectivity index (χ0v) is 18.7. The van der Waals surface area contributed by atoms with Gasteiger partial charge >= 0.3 is 16.4 Å². The first-order valence-corrected chi connectivity index (χ1v) is 11.7. The van der Waals surface area contributed by atoms with Gasteiger partial charge in [-0.3, -0.25) is 19.0 Å². The van der Waals surface area contributed by atoms with Crippen LogP contribution in [0.15, 0.2) is 0 Å². The van der Waals surface area contributed by atoms with Gasteiger partial charge in [0.25, 0.3) is 0 Å². The number of nitrogens with zero attached hydrogens (tertiary/aromatic N) is 2. The lowest BCUT2D eigenvalue weighted by atomic mass is 10.1. The largest absolute Gasteiger partial charge is 0.418 e. The first kappa shape index (κ1) is 27.0. The molecule has 0 aromatic rings. The van der Waals surface area contributed by atoms with E-state index in [2.05, 4.69) is 20.4 Å². The summed E-state index contributed by atoms with van der Waals surface area (Å²) in [6, 6.07) is -0.415. The van der Waals surface area contributed by atoms with E-state index < -0.39 is 16.4 Å². The van der Waals surface area contributed by atoms with Crippen LogP contribution in [0.5, 0.6) is 0 Å². The molecule has 3 saturated heterocycles. The molecule has 0 aromatic heterocycles. The van der Waals surface area contributed by atoms with Crippen LogP contribution < -0.4 is 16.1 Å². The van der Waals surface area contributed by atoms with Crippen LogP contribution in [0.25, 0.3) is 0 Å². The van der Waals surface area contributed by atoms with E-state index in [1.165, 1.54) is 4.90 Å². The lowest BCUT2D eigenvalue weighted by molar-refractivity contribution is -0.133. The summed E-state index contributed by atoms with van der Waals surface area (Å²) in [5.74, 6) is -0.220. The molecule has 180 valence electrons. The zero-order chi connectivity index (χ0) is 23.3. The Morgan fingerprint density at radius 1 is 1.32 bits per heavy atom. The number of urea groups is 1. The predicted molar refractivity (Wildman–Crippen MR) is 110 cm³/mol. The van der Waals surface area contributed by atoms with Gasteiger partial charge in [0, 0.05) is 32.1 Å². The minimum absolute atomic E-state index is 0.220. The highest BCUT2D eigenvalue weighted by Crippen LogP contribution is 2.26. The molecule has 4 N–H and O–H groups in total. The van der Waals surface area contributed by atoms with Gasteiger partial charge in [-0.15, -0.1) is 4.28 Å². The minimum Gasteiger partial charge on any atom is -0.358 e. The molecular formula is C17H33N5O8S. The molecule has 2 bridgehead atoms. The van der Waals surface area contributed by atoms with Crippen molar-refractivity contribution in [1.82, 2.24) is 26.1 Å². The normalized spacial score (nSPS) is 22.1. The third-order valence-corrected chi connectivity index (χ3v) is 4.92. The Hall–Kier alpha value is -2.00. The maximum absolute atomic E-state index is 11.4. The summed E-state index contributed by atoms with van der Waals surface area (Å²) >= 11 is 0. The van der Waals surface area contributed by atoms with Crippen molar-refractivity contribution in [3.05, 3.63) is 0 Å². The van der Waals surface area contributed by atoms with Crippen LogP contribution in [0.3, 0.4) is 0 Å². The Morgan fingerprint density at radius 2 is 2.06 bits per heavy atom. The fourth-order valence-electron chi connectivity index (χ4n) is 3.23. The molecule has 3 aliphatic heterocycles. The van der Waals surface area contributed by atoms with E-state index in [-0.39, 0.29) is 18.4 Å². The van der Waals surface area contributed by atoms with Gasteiger partial charge in [-0.05, 0) is 32.2 Å². The lowest BCUT2D eigenvalue weighted by Gasteiger charge is -2.20. The Bertz CT molecular complexity index is 671.